The molecule has 0 radical (unpaired) electrons. The summed E-state index contributed by atoms with van der Waals surface area (Å²) in [6, 6.07) is 8.38. The first kappa shape index (κ1) is 13.1. The van der Waals surface area contributed by atoms with Crippen molar-refractivity contribution in [1.82, 2.24) is 4.98 Å². The molecule has 4 heteroatoms. The van der Waals surface area contributed by atoms with Crippen LogP contribution in [0.3, 0.4) is 0 Å². The maximum absolute atomic E-state index is 12.9. The van der Waals surface area contributed by atoms with Crippen molar-refractivity contribution in [2.75, 3.05) is 0 Å². The van der Waals surface area contributed by atoms with Crippen LogP contribution in [0.15, 0.2) is 42.6 Å². The molecule has 0 saturated carbocycles. The van der Waals surface area contributed by atoms with Gasteiger partial charge in [-0.15, -0.1) is 0 Å². The van der Waals surface area contributed by atoms with Crippen LogP contribution >= 0.6 is 0 Å². The van der Waals surface area contributed by atoms with Gasteiger partial charge in [-0.25, -0.2) is 8.78 Å². The maximum atomic E-state index is 12.9. The van der Waals surface area contributed by atoms with Crippen LogP contribution in [0.5, 0.6) is 0 Å². The van der Waals surface area contributed by atoms with Gasteiger partial charge in [0.25, 0.3) is 0 Å². The Morgan fingerprint density at radius 3 is 2.21 bits per heavy atom. The van der Waals surface area contributed by atoms with E-state index in [0.717, 1.165) is 6.20 Å². The van der Waals surface area contributed by atoms with Crippen molar-refractivity contribution in [1.29, 1.82) is 0 Å². The number of hydrogen-bond donors (Lipinski definition) is 0. The highest BCUT2D eigenvalue weighted by molar-refractivity contribution is 6.16. The lowest BCUT2D eigenvalue weighted by Gasteiger charge is -2.06. The molecule has 0 amide bonds. The fourth-order valence-corrected chi connectivity index (χ4v) is 1.74. The highest BCUT2D eigenvalue weighted by Gasteiger charge is 2.08. The van der Waals surface area contributed by atoms with E-state index in [1.165, 1.54) is 36.4 Å². The van der Waals surface area contributed by atoms with Gasteiger partial charge < -0.3 is 0 Å². The van der Waals surface area contributed by atoms with Gasteiger partial charge in [-0.05, 0) is 42.3 Å². The zero-order chi connectivity index (χ0) is 13.8. The molecule has 0 atom stereocenters. The second-order valence-corrected chi connectivity index (χ2v) is 4.03. The largest absolute Gasteiger partial charge is 0.298 e. The number of rotatable bonds is 3. The lowest BCUT2D eigenvalue weighted by Crippen LogP contribution is -1.94. The molecule has 1 heterocycles. The molecule has 96 valence electrons. The molecule has 2 rings (SSSR count). The number of aromatic nitrogens is 1. The highest BCUT2D eigenvalue weighted by atomic mass is 19.1. The molecule has 0 unspecified atom stereocenters. The number of nitrogens with zero attached hydrogens (tertiary/aromatic N) is 1. The van der Waals surface area contributed by atoms with E-state index in [1.807, 2.05) is 0 Å². The van der Waals surface area contributed by atoms with E-state index in [-0.39, 0.29) is 5.82 Å². The molecule has 0 spiro atoms. The summed E-state index contributed by atoms with van der Waals surface area (Å²) in [5, 5.41) is 0. The van der Waals surface area contributed by atoms with Crippen molar-refractivity contribution in [3.05, 3.63) is 65.5 Å². The molecule has 1 aromatic heterocycles. The number of hydrogen-bond acceptors (Lipinski definition) is 2. The Balaban J connectivity index is 2.49. The molecule has 0 aliphatic rings. The molecular weight excluding hydrogens is 248 g/mol. The molecule has 0 saturated heterocycles. The first-order valence-electron chi connectivity index (χ1n) is 5.65. The number of benzene rings is 1. The molecule has 0 aliphatic carbocycles. The van der Waals surface area contributed by atoms with Crippen LogP contribution in [-0.2, 0) is 4.79 Å². The van der Waals surface area contributed by atoms with Crippen molar-refractivity contribution < 1.29 is 13.6 Å². The summed E-state index contributed by atoms with van der Waals surface area (Å²) in [6.45, 7) is 1.72. The number of carbonyl (C=O) groups is 1. The summed E-state index contributed by atoms with van der Waals surface area (Å²) < 4.78 is 25.7. The molecule has 0 aliphatic heterocycles. The Morgan fingerprint density at radius 2 is 1.68 bits per heavy atom. The monoisotopic (exact) mass is 259 g/mol. The van der Waals surface area contributed by atoms with Gasteiger partial charge in [-0.1, -0.05) is 12.1 Å². The third-order valence-electron chi connectivity index (χ3n) is 2.79. The van der Waals surface area contributed by atoms with Gasteiger partial charge in [0, 0.05) is 5.57 Å². The third-order valence-corrected chi connectivity index (χ3v) is 2.79. The zero-order valence-electron chi connectivity index (χ0n) is 10.2. The van der Waals surface area contributed by atoms with Crippen LogP contribution in [0.25, 0.3) is 11.1 Å². The van der Waals surface area contributed by atoms with E-state index >= 15 is 0 Å². The number of halogens is 2. The Bertz CT molecular complexity index is 616. The highest BCUT2D eigenvalue weighted by Crippen LogP contribution is 2.23. The van der Waals surface area contributed by atoms with E-state index in [4.69, 9.17) is 0 Å². The van der Waals surface area contributed by atoms with E-state index in [1.54, 1.807) is 6.92 Å². The molecule has 2 aromatic rings. The molecule has 0 N–H and O–H groups in total. The van der Waals surface area contributed by atoms with Crippen LogP contribution in [-0.4, -0.2) is 11.3 Å². The Labute approximate surface area is 109 Å². The molecule has 1 aromatic carbocycles. The second-order valence-electron chi connectivity index (χ2n) is 4.03. The molecule has 0 bridgehead atoms. The van der Waals surface area contributed by atoms with Gasteiger partial charge in [-0.3, -0.25) is 9.78 Å². The van der Waals surface area contributed by atoms with Crippen molar-refractivity contribution in [3.8, 4) is 0 Å². The number of allylic oxidation sites excluding steroid dienone is 2. The summed E-state index contributed by atoms with van der Waals surface area (Å²) in [7, 11) is 0. The number of pyridine rings is 1. The summed E-state index contributed by atoms with van der Waals surface area (Å²) >= 11 is 0. The molecule has 0 fully saturated rings. The van der Waals surface area contributed by atoms with E-state index in [9.17, 15) is 13.6 Å². The number of carbonyl (C=O) groups excluding carboxylic acids is 1. The van der Waals surface area contributed by atoms with Crippen molar-refractivity contribution in [2.24, 2.45) is 0 Å². The topological polar surface area (TPSA) is 30.0 Å². The molecule has 2 nitrogen and oxygen atoms in total. The molecule has 19 heavy (non-hydrogen) atoms. The lowest BCUT2D eigenvalue weighted by molar-refractivity contribution is -0.103. The zero-order valence-corrected chi connectivity index (χ0v) is 10.2. The summed E-state index contributed by atoms with van der Waals surface area (Å²) in [5.74, 6) is -0.808. The minimum atomic E-state index is -0.439. The predicted molar refractivity (Wildman–Crippen MR) is 69.1 cm³/mol. The van der Waals surface area contributed by atoms with Gasteiger partial charge in [0.15, 0.2) is 6.29 Å². The second kappa shape index (κ2) is 5.52. The van der Waals surface area contributed by atoms with Gasteiger partial charge in [0.1, 0.15) is 11.6 Å². The fraction of sp³-hybridized carbons (Fsp3) is 0.0667. The van der Waals surface area contributed by atoms with Gasteiger partial charge >= 0.3 is 0 Å². The van der Waals surface area contributed by atoms with Crippen LogP contribution < -0.4 is 0 Å². The van der Waals surface area contributed by atoms with Gasteiger partial charge in [0.05, 0.1) is 11.9 Å². The summed E-state index contributed by atoms with van der Waals surface area (Å²) in [4.78, 5) is 15.1. The lowest BCUT2D eigenvalue weighted by atomic mass is 9.99. The first-order valence-corrected chi connectivity index (χ1v) is 5.65. The van der Waals surface area contributed by atoms with Crippen LogP contribution in [0, 0.1) is 11.6 Å². The summed E-state index contributed by atoms with van der Waals surface area (Å²) in [5.41, 5.74) is 2.12. The average Bonchev–Trinajstić information content (AvgIpc) is 2.42. The SMILES string of the molecule is CC(=C(C=O)c1ccc(F)cc1)c1ccc(F)cn1. The van der Waals surface area contributed by atoms with Crippen molar-refractivity contribution >= 4 is 17.4 Å². The number of aldehydes is 1. The van der Waals surface area contributed by atoms with Crippen LogP contribution in [0.4, 0.5) is 8.78 Å². The van der Waals surface area contributed by atoms with Crippen LogP contribution in [0.2, 0.25) is 0 Å². The molecular formula is C15H11F2NO. The Hall–Kier alpha value is -2.36. The minimum Gasteiger partial charge on any atom is -0.298 e. The quantitative estimate of drug-likeness (QED) is 0.624. The normalized spacial score (nSPS) is 11.9. The van der Waals surface area contributed by atoms with E-state index < -0.39 is 5.82 Å². The van der Waals surface area contributed by atoms with Crippen molar-refractivity contribution in [3.63, 3.8) is 0 Å². The van der Waals surface area contributed by atoms with Gasteiger partial charge in [0.2, 0.25) is 0 Å². The van der Waals surface area contributed by atoms with Crippen molar-refractivity contribution in [2.45, 2.75) is 6.92 Å². The Kier molecular flexibility index (Phi) is 3.80. The van der Waals surface area contributed by atoms with E-state index in [2.05, 4.69) is 4.98 Å². The average molecular weight is 259 g/mol. The summed E-state index contributed by atoms with van der Waals surface area (Å²) in [6.07, 6.45) is 1.78. The van der Waals surface area contributed by atoms with Crippen LogP contribution in [0.1, 0.15) is 18.2 Å². The smallest absolute Gasteiger partial charge is 0.150 e. The minimum absolute atomic E-state index is 0.369. The fourth-order valence-electron chi connectivity index (χ4n) is 1.74. The predicted octanol–water partition coefficient (Wildman–Crippen LogP) is 3.49. The standard InChI is InChI=1S/C15H11F2NO/c1-10(15-7-6-13(17)8-18-15)14(9-19)11-2-4-12(16)5-3-11/h2-9H,1H3. The van der Waals surface area contributed by atoms with E-state index in [0.29, 0.717) is 28.7 Å². The third kappa shape index (κ3) is 2.91. The maximum Gasteiger partial charge on any atom is 0.150 e. The van der Waals surface area contributed by atoms with Gasteiger partial charge in [-0.2, -0.15) is 0 Å². The Morgan fingerprint density at radius 1 is 1.05 bits per heavy atom. The first-order chi connectivity index (χ1) is 9.11.